The number of aromatic carboxylic acids is 1. The van der Waals surface area contributed by atoms with Crippen LogP contribution in [-0.4, -0.2) is 20.6 Å². The number of carboxylic acids is 1. The summed E-state index contributed by atoms with van der Waals surface area (Å²) in [7, 11) is 1.58. The second-order valence-electron chi connectivity index (χ2n) is 3.46. The van der Waals surface area contributed by atoms with E-state index >= 15 is 0 Å². The molecule has 0 fully saturated rings. The van der Waals surface area contributed by atoms with Crippen LogP contribution in [0, 0.1) is 5.82 Å². The fraction of sp³-hybridized carbons (Fsp3) is 0.0909. The van der Waals surface area contributed by atoms with Crippen molar-refractivity contribution in [1.29, 1.82) is 0 Å². The monoisotopic (exact) mass is 254 g/mol. The van der Waals surface area contributed by atoms with E-state index in [4.69, 9.17) is 16.7 Å². The molecular formula is C11H8ClFN2O2. The molecule has 2 rings (SSSR count). The van der Waals surface area contributed by atoms with Crippen LogP contribution in [0.2, 0.25) is 5.02 Å². The minimum absolute atomic E-state index is 0.101. The Hall–Kier alpha value is -1.88. The number of hydrogen-bond acceptors (Lipinski definition) is 2. The summed E-state index contributed by atoms with van der Waals surface area (Å²) in [4.78, 5) is 14.6. The van der Waals surface area contributed by atoms with Crippen LogP contribution in [0.4, 0.5) is 4.39 Å². The van der Waals surface area contributed by atoms with Gasteiger partial charge >= 0.3 is 5.97 Å². The molecule has 0 saturated heterocycles. The Bertz CT molecular complexity index is 575. The SMILES string of the molecule is Cn1cc(C(=O)O)nc1-c1c(F)cccc1Cl. The maximum atomic E-state index is 13.6. The van der Waals surface area contributed by atoms with Crippen LogP contribution in [0.25, 0.3) is 11.4 Å². The molecule has 0 saturated carbocycles. The van der Waals surface area contributed by atoms with Crippen LogP contribution in [0.1, 0.15) is 10.5 Å². The van der Waals surface area contributed by atoms with E-state index < -0.39 is 11.8 Å². The predicted octanol–water partition coefficient (Wildman–Crippen LogP) is 2.58. The molecule has 6 heteroatoms. The molecule has 1 heterocycles. The third kappa shape index (κ3) is 2.01. The van der Waals surface area contributed by atoms with Crippen LogP contribution in [-0.2, 0) is 7.05 Å². The van der Waals surface area contributed by atoms with Gasteiger partial charge in [0.1, 0.15) is 11.6 Å². The van der Waals surface area contributed by atoms with Crippen molar-refractivity contribution in [2.75, 3.05) is 0 Å². The topological polar surface area (TPSA) is 55.1 Å². The molecule has 0 aliphatic carbocycles. The molecule has 0 spiro atoms. The highest BCUT2D eigenvalue weighted by Gasteiger charge is 2.17. The molecule has 1 aromatic carbocycles. The van der Waals surface area contributed by atoms with Crippen LogP contribution < -0.4 is 0 Å². The smallest absolute Gasteiger partial charge is 0.356 e. The van der Waals surface area contributed by atoms with Gasteiger partial charge in [-0.1, -0.05) is 17.7 Å². The summed E-state index contributed by atoms with van der Waals surface area (Å²) < 4.78 is 15.1. The highest BCUT2D eigenvalue weighted by Crippen LogP contribution is 2.29. The van der Waals surface area contributed by atoms with E-state index in [-0.39, 0.29) is 22.1 Å². The number of aryl methyl sites for hydroxylation is 1. The first-order valence-electron chi connectivity index (χ1n) is 4.71. The molecule has 17 heavy (non-hydrogen) atoms. The second kappa shape index (κ2) is 4.18. The Labute approximate surface area is 101 Å². The van der Waals surface area contributed by atoms with Crippen molar-refractivity contribution in [3.05, 3.63) is 40.9 Å². The zero-order chi connectivity index (χ0) is 12.6. The molecule has 0 atom stereocenters. The fourth-order valence-electron chi connectivity index (χ4n) is 1.51. The number of rotatable bonds is 2. The minimum Gasteiger partial charge on any atom is -0.476 e. The average Bonchev–Trinajstić information content (AvgIpc) is 2.61. The molecule has 1 N–H and O–H groups in total. The number of nitrogens with zero attached hydrogens (tertiary/aromatic N) is 2. The van der Waals surface area contributed by atoms with Crippen molar-refractivity contribution in [2.45, 2.75) is 0 Å². The van der Waals surface area contributed by atoms with Crippen LogP contribution >= 0.6 is 11.6 Å². The number of carboxylic acid groups (broad SMARTS) is 1. The molecule has 0 unspecified atom stereocenters. The Balaban J connectivity index is 2.64. The normalized spacial score (nSPS) is 10.5. The molecule has 0 aliphatic heterocycles. The number of benzene rings is 1. The predicted molar refractivity (Wildman–Crippen MR) is 60.6 cm³/mol. The van der Waals surface area contributed by atoms with Gasteiger partial charge < -0.3 is 9.67 Å². The van der Waals surface area contributed by atoms with Crippen molar-refractivity contribution in [3.63, 3.8) is 0 Å². The van der Waals surface area contributed by atoms with E-state index in [0.717, 1.165) is 0 Å². The van der Waals surface area contributed by atoms with E-state index in [1.165, 1.54) is 29.0 Å². The van der Waals surface area contributed by atoms with E-state index in [1.54, 1.807) is 7.05 Å². The van der Waals surface area contributed by atoms with Gasteiger partial charge in [-0.2, -0.15) is 0 Å². The van der Waals surface area contributed by atoms with Gasteiger partial charge in [-0.3, -0.25) is 0 Å². The molecule has 0 aliphatic rings. The summed E-state index contributed by atoms with van der Waals surface area (Å²) in [5.74, 6) is -1.52. The van der Waals surface area contributed by atoms with Crippen LogP contribution in [0.5, 0.6) is 0 Å². The summed E-state index contributed by atoms with van der Waals surface area (Å²) in [5, 5.41) is 9.00. The third-order valence-corrected chi connectivity index (χ3v) is 2.60. The molecule has 0 amide bonds. The maximum absolute atomic E-state index is 13.6. The van der Waals surface area contributed by atoms with Gasteiger partial charge in [-0.25, -0.2) is 14.2 Å². The zero-order valence-electron chi connectivity index (χ0n) is 8.82. The maximum Gasteiger partial charge on any atom is 0.356 e. The van der Waals surface area contributed by atoms with Gasteiger partial charge in [0.05, 0.1) is 10.6 Å². The first-order chi connectivity index (χ1) is 8.00. The van der Waals surface area contributed by atoms with Gasteiger partial charge in [0.15, 0.2) is 5.69 Å². The van der Waals surface area contributed by atoms with E-state index in [2.05, 4.69) is 4.98 Å². The molecule has 1 aromatic heterocycles. The number of imidazole rings is 1. The molecule has 2 aromatic rings. The first kappa shape index (κ1) is 11.6. The van der Waals surface area contributed by atoms with Crippen LogP contribution in [0.3, 0.4) is 0 Å². The van der Waals surface area contributed by atoms with Crippen molar-refractivity contribution < 1.29 is 14.3 Å². The summed E-state index contributed by atoms with van der Waals surface area (Å²) in [6, 6.07) is 4.24. The van der Waals surface area contributed by atoms with Gasteiger partial charge in [0.25, 0.3) is 0 Å². The Morgan fingerprint density at radius 2 is 2.24 bits per heavy atom. The lowest BCUT2D eigenvalue weighted by Gasteiger charge is -2.04. The first-order valence-corrected chi connectivity index (χ1v) is 5.09. The van der Waals surface area contributed by atoms with E-state index in [9.17, 15) is 9.18 Å². The third-order valence-electron chi connectivity index (χ3n) is 2.28. The highest BCUT2D eigenvalue weighted by molar-refractivity contribution is 6.33. The molecular weight excluding hydrogens is 247 g/mol. The lowest BCUT2D eigenvalue weighted by Crippen LogP contribution is -1.96. The van der Waals surface area contributed by atoms with Gasteiger partial charge in [0, 0.05) is 13.2 Å². The fourth-order valence-corrected chi connectivity index (χ4v) is 1.76. The van der Waals surface area contributed by atoms with Gasteiger partial charge in [-0.05, 0) is 12.1 Å². The quantitative estimate of drug-likeness (QED) is 0.896. The highest BCUT2D eigenvalue weighted by atomic mass is 35.5. The average molecular weight is 255 g/mol. The Morgan fingerprint density at radius 3 is 2.76 bits per heavy atom. The second-order valence-corrected chi connectivity index (χ2v) is 3.87. The summed E-state index contributed by atoms with van der Waals surface area (Å²) in [6.45, 7) is 0. The van der Waals surface area contributed by atoms with E-state index in [1.807, 2.05) is 0 Å². The Morgan fingerprint density at radius 1 is 1.53 bits per heavy atom. The zero-order valence-corrected chi connectivity index (χ0v) is 9.57. The summed E-state index contributed by atoms with van der Waals surface area (Å²) in [5.41, 5.74) is -0.0500. The summed E-state index contributed by atoms with van der Waals surface area (Å²) in [6.07, 6.45) is 1.31. The van der Waals surface area contributed by atoms with Crippen molar-refractivity contribution in [1.82, 2.24) is 9.55 Å². The molecule has 0 bridgehead atoms. The largest absolute Gasteiger partial charge is 0.476 e. The van der Waals surface area contributed by atoms with E-state index in [0.29, 0.717) is 0 Å². The summed E-state index contributed by atoms with van der Waals surface area (Å²) >= 11 is 5.88. The number of hydrogen-bond donors (Lipinski definition) is 1. The molecule has 4 nitrogen and oxygen atoms in total. The standard InChI is InChI=1S/C11H8ClFN2O2/c1-15-5-8(11(16)17)14-10(15)9-6(12)3-2-4-7(9)13/h2-5H,1H3,(H,16,17). The van der Waals surface area contributed by atoms with Gasteiger partial charge in [0.2, 0.25) is 0 Å². The number of halogens is 2. The van der Waals surface area contributed by atoms with Crippen molar-refractivity contribution in [3.8, 4) is 11.4 Å². The Kier molecular flexibility index (Phi) is 2.85. The van der Waals surface area contributed by atoms with Crippen molar-refractivity contribution in [2.24, 2.45) is 7.05 Å². The molecule has 0 radical (unpaired) electrons. The van der Waals surface area contributed by atoms with Crippen LogP contribution in [0.15, 0.2) is 24.4 Å². The minimum atomic E-state index is -1.17. The lowest BCUT2D eigenvalue weighted by molar-refractivity contribution is 0.0691. The number of aromatic nitrogens is 2. The number of carbonyl (C=O) groups is 1. The van der Waals surface area contributed by atoms with Gasteiger partial charge in [-0.15, -0.1) is 0 Å². The van der Waals surface area contributed by atoms with Crippen molar-refractivity contribution >= 4 is 17.6 Å². The molecule has 88 valence electrons. The lowest BCUT2D eigenvalue weighted by atomic mass is 10.2.